The minimum Gasteiger partial charge on any atom is -0.455 e. The Morgan fingerprint density at radius 1 is 1.09 bits per heavy atom. The van der Waals surface area contributed by atoms with Crippen LogP contribution in [0.25, 0.3) is 33.2 Å². The van der Waals surface area contributed by atoms with E-state index in [4.69, 9.17) is 9.52 Å². The molecule has 2 aromatic carbocycles. The fourth-order valence-corrected chi connectivity index (χ4v) is 2.73. The molecule has 2 N–H and O–H groups in total. The predicted octanol–water partition coefficient (Wildman–Crippen LogP) is 2.20. The number of benzene rings is 2. The number of aliphatic hydroxyl groups excluding tert-OH is 2. The first-order valence-electron chi connectivity index (χ1n) is 7.36. The average Bonchev–Trinajstić information content (AvgIpc) is 3.18. The van der Waals surface area contributed by atoms with Crippen LogP contribution in [0.4, 0.5) is 0 Å². The Balaban J connectivity index is 1.83. The first kappa shape index (κ1) is 13.9. The summed E-state index contributed by atoms with van der Waals surface area (Å²) in [6, 6.07) is 13.8. The van der Waals surface area contributed by atoms with Crippen molar-refractivity contribution in [1.29, 1.82) is 0 Å². The summed E-state index contributed by atoms with van der Waals surface area (Å²) in [5.41, 5.74) is 3.12. The monoisotopic (exact) mass is 309 g/mol. The summed E-state index contributed by atoms with van der Waals surface area (Å²) in [6.07, 6.45) is 0.882. The van der Waals surface area contributed by atoms with Crippen molar-refractivity contribution in [2.75, 3.05) is 6.61 Å². The molecule has 0 radical (unpaired) electrons. The molecule has 6 heteroatoms. The maximum absolute atomic E-state index is 9.50. The average molecular weight is 309 g/mol. The van der Waals surface area contributed by atoms with Crippen molar-refractivity contribution in [3.8, 4) is 11.3 Å². The van der Waals surface area contributed by atoms with Gasteiger partial charge >= 0.3 is 0 Å². The van der Waals surface area contributed by atoms with Gasteiger partial charge in [0, 0.05) is 16.3 Å². The molecule has 0 saturated carbocycles. The van der Waals surface area contributed by atoms with Crippen LogP contribution >= 0.6 is 0 Å². The van der Waals surface area contributed by atoms with Gasteiger partial charge in [-0.25, -0.2) is 4.68 Å². The van der Waals surface area contributed by atoms with Crippen LogP contribution in [0.5, 0.6) is 0 Å². The second-order valence-electron chi connectivity index (χ2n) is 5.44. The lowest BCUT2D eigenvalue weighted by Gasteiger charge is -2.04. The van der Waals surface area contributed by atoms with Gasteiger partial charge in [0.15, 0.2) is 0 Å². The number of fused-ring (bicyclic) bond motifs is 3. The maximum atomic E-state index is 9.50. The van der Waals surface area contributed by atoms with Gasteiger partial charge in [0.2, 0.25) is 0 Å². The SMILES string of the molecule is OC[C@H](O)Cn1cc(-c2cccc3c2oc2ccccc23)nn1. The van der Waals surface area contributed by atoms with Gasteiger partial charge in [0.25, 0.3) is 0 Å². The zero-order chi connectivity index (χ0) is 15.8. The first-order chi connectivity index (χ1) is 11.3. The smallest absolute Gasteiger partial charge is 0.144 e. The number of aliphatic hydroxyl groups is 2. The van der Waals surface area contributed by atoms with Crippen LogP contribution in [0.1, 0.15) is 0 Å². The van der Waals surface area contributed by atoms with Crippen LogP contribution in [-0.4, -0.2) is 37.9 Å². The number of nitrogens with zero attached hydrogens (tertiary/aromatic N) is 3. The van der Waals surface area contributed by atoms with E-state index < -0.39 is 6.10 Å². The molecule has 2 aromatic heterocycles. The van der Waals surface area contributed by atoms with E-state index in [1.807, 2.05) is 42.5 Å². The van der Waals surface area contributed by atoms with E-state index in [-0.39, 0.29) is 13.2 Å². The molecule has 116 valence electrons. The topological polar surface area (TPSA) is 84.3 Å². The van der Waals surface area contributed by atoms with Gasteiger partial charge in [-0.2, -0.15) is 0 Å². The molecule has 0 fully saturated rings. The molecular formula is C17H15N3O3. The molecule has 4 aromatic rings. The van der Waals surface area contributed by atoms with Crippen LogP contribution in [0.3, 0.4) is 0 Å². The normalized spacial score (nSPS) is 13.0. The Hall–Kier alpha value is -2.70. The lowest BCUT2D eigenvalue weighted by molar-refractivity contribution is 0.0778. The summed E-state index contributed by atoms with van der Waals surface area (Å²) in [4.78, 5) is 0. The maximum Gasteiger partial charge on any atom is 0.144 e. The minimum atomic E-state index is -0.855. The zero-order valence-corrected chi connectivity index (χ0v) is 12.3. The number of hydrogen-bond acceptors (Lipinski definition) is 5. The summed E-state index contributed by atoms with van der Waals surface area (Å²) < 4.78 is 7.49. The van der Waals surface area contributed by atoms with Gasteiger partial charge in [0.05, 0.1) is 25.5 Å². The fraction of sp³-hybridized carbons (Fsp3) is 0.176. The first-order valence-corrected chi connectivity index (χ1v) is 7.36. The van der Waals surface area contributed by atoms with Crippen molar-refractivity contribution in [3.05, 3.63) is 48.7 Å². The molecule has 0 saturated heterocycles. The molecule has 0 unspecified atom stereocenters. The summed E-state index contributed by atoms with van der Waals surface area (Å²) in [5, 5.41) is 28.7. The molecule has 0 spiro atoms. The summed E-state index contributed by atoms with van der Waals surface area (Å²) in [7, 11) is 0. The molecule has 0 aliphatic rings. The second-order valence-corrected chi connectivity index (χ2v) is 5.44. The Kier molecular flexibility index (Phi) is 3.33. The lowest BCUT2D eigenvalue weighted by Crippen LogP contribution is -2.20. The molecule has 4 rings (SSSR count). The third-order valence-electron chi connectivity index (χ3n) is 3.83. The van der Waals surface area contributed by atoms with Gasteiger partial charge in [-0.1, -0.05) is 35.5 Å². The van der Waals surface area contributed by atoms with Crippen LogP contribution < -0.4 is 0 Å². The number of hydrogen-bond donors (Lipinski definition) is 2. The number of furan rings is 1. The third kappa shape index (κ3) is 2.38. The molecule has 2 heterocycles. The molecule has 0 amide bonds. The molecular weight excluding hydrogens is 294 g/mol. The molecule has 6 nitrogen and oxygen atoms in total. The van der Waals surface area contributed by atoms with E-state index >= 15 is 0 Å². The van der Waals surface area contributed by atoms with Crippen molar-refractivity contribution in [2.24, 2.45) is 0 Å². The predicted molar refractivity (Wildman–Crippen MR) is 85.8 cm³/mol. The summed E-state index contributed by atoms with van der Waals surface area (Å²) in [6.45, 7) is -0.117. The summed E-state index contributed by atoms with van der Waals surface area (Å²) >= 11 is 0. The number of para-hydroxylation sites is 2. The van der Waals surface area contributed by atoms with Gasteiger partial charge < -0.3 is 14.6 Å². The van der Waals surface area contributed by atoms with E-state index in [9.17, 15) is 5.11 Å². The number of aromatic nitrogens is 3. The molecule has 1 atom stereocenters. The van der Waals surface area contributed by atoms with Gasteiger partial charge in [-0.05, 0) is 12.1 Å². The van der Waals surface area contributed by atoms with Crippen LogP contribution in [-0.2, 0) is 6.54 Å². The fourth-order valence-electron chi connectivity index (χ4n) is 2.73. The summed E-state index contributed by atoms with van der Waals surface area (Å²) in [5.74, 6) is 0. The van der Waals surface area contributed by atoms with Crippen LogP contribution in [0.2, 0.25) is 0 Å². The van der Waals surface area contributed by atoms with Gasteiger partial charge in [-0.3, -0.25) is 0 Å². The Morgan fingerprint density at radius 3 is 2.78 bits per heavy atom. The van der Waals surface area contributed by atoms with E-state index in [1.54, 1.807) is 6.20 Å². The van der Waals surface area contributed by atoms with Crippen molar-refractivity contribution in [3.63, 3.8) is 0 Å². The Labute approximate surface area is 131 Å². The van der Waals surface area contributed by atoms with E-state index in [2.05, 4.69) is 10.3 Å². The van der Waals surface area contributed by atoms with Gasteiger partial charge in [-0.15, -0.1) is 5.10 Å². The third-order valence-corrected chi connectivity index (χ3v) is 3.83. The molecule has 0 aliphatic carbocycles. The van der Waals surface area contributed by atoms with Crippen LogP contribution in [0, 0.1) is 0 Å². The van der Waals surface area contributed by atoms with Crippen molar-refractivity contribution < 1.29 is 14.6 Å². The molecule has 23 heavy (non-hydrogen) atoms. The number of rotatable bonds is 4. The standard InChI is InChI=1S/C17H15N3O3/c21-10-11(22)8-20-9-15(18-19-20)14-6-3-5-13-12-4-1-2-7-16(12)23-17(13)14/h1-7,9,11,21-22H,8,10H2/t11-/m1/s1. The highest BCUT2D eigenvalue weighted by atomic mass is 16.3. The molecule has 0 aliphatic heterocycles. The second kappa shape index (κ2) is 5.49. The van der Waals surface area contributed by atoms with E-state index in [0.29, 0.717) is 5.69 Å². The minimum absolute atomic E-state index is 0.194. The largest absolute Gasteiger partial charge is 0.455 e. The Morgan fingerprint density at radius 2 is 1.91 bits per heavy atom. The Bertz CT molecular complexity index is 973. The van der Waals surface area contributed by atoms with Crippen molar-refractivity contribution in [1.82, 2.24) is 15.0 Å². The zero-order valence-electron chi connectivity index (χ0n) is 12.3. The quantitative estimate of drug-likeness (QED) is 0.604. The highest BCUT2D eigenvalue weighted by Crippen LogP contribution is 2.34. The molecule has 0 bridgehead atoms. The van der Waals surface area contributed by atoms with Crippen LogP contribution in [0.15, 0.2) is 53.1 Å². The lowest BCUT2D eigenvalue weighted by atomic mass is 10.1. The van der Waals surface area contributed by atoms with Crippen molar-refractivity contribution in [2.45, 2.75) is 12.6 Å². The van der Waals surface area contributed by atoms with E-state index in [1.165, 1.54) is 4.68 Å². The van der Waals surface area contributed by atoms with Crippen molar-refractivity contribution >= 4 is 21.9 Å². The highest BCUT2D eigenvalue weighted by Gasteiger charge is 2.14. The highest BCUT2D eigenvalue weighted by molar-refractivity contribution is 6.09. The van der Waals surface area contributed by atoms with E-state index in [0.717, 1.165) is 27.5 Å². The van der Waals surface area contributed by atoms with Gasteiger partial charge in [0.1, 0.15) is 16.9 Å².